The average molecular weight is 415 g/mol. The first kappa shape index (κ1) is 20.2. The molecule has 0 bridgehead atoms. The van der Waals surface area contributed by atoms with E-state index in [1.165, 1.54) is 0 Å². The highest BCUT2D eigenvalue weighted by atomic mass is 16.5. The number of para-hydroxylation sites is 1. The third-order valence-electron chi connectivity index (χ3n) is 4.76. The van der Waals surface area contributed by atoms with Crippen LogP contribution in [0.1, 0.15) is 16.2 Å². The minimum Gasteiger partial charge on any atom is -0.496 e. The highest BCUT2D eigenvalue weighted by molar-refractivity contribution is 6.06. The van der Waals surface area contributed by atoms with Gasteiger partial charge < -0.3 is 19.2 Å². The van der Waals surface area contributed by atoms with Crippen molar-refractivity contribution in [2.24, 2.45) is 0 Å². The molecular weight excluding hydrogens is 394 g/mol. The molecule has 0 fully saturated rings. The molecule has 1 aromatic heterocycles. The molecule has 31 heavy (non-hydrogen) atoms. The number of carbonyl (C=O) groups excluding carboxylic acids is 1. The van der Waals surface area contributed by atoms with Crippen LogP contribution in [0.3, 0.4) is 0 Å². The fourth-order valence-corrected chi connectivity index (χ4v) is 3.26. The Hall–Kier alpha value is -4.13. The van der Waals surface area contributed by atoms with Crippen molar-refractivity contribution in [1.82, 2.24) is 10.2 Å². The average Bonchev–Trinajstić information content (AvgIpc) is 3.25. The normalized spacial score (nSPS) is 10.5. The van der Waals surface area contributed by atoms with Crippen LogP contribution in [0.2, 0.25) is 0 Å². The number of aryl methyl sites for hydroxylation is 1. The zero-order valence-electron chi connectivity index (χ0n) is 17.4. The number of nitrogens with one attached hydrogen (secondary N) is 1. The summed E-state index contributed by atoms with van der Waals surface area (Å²) >= 11 is 0. The van der Waals surface area contributed by atoms with Crippen molar-refractivity contribution >= 4 is 11.6 Å². The number of rotatable bonds is 6. The SMILES string of the molecule is COc1ccc(-c2nnc(C)o2)cc1NC(=O)c1cccc(-c2ccccc2OC)c1. The highest BCUT2D eigenvalue weighted by Crippen LogP contribution is 2.32. The van der Waals surface area contributed by atoms with Crippen LogP contribution in [0.5, 0.6) is 11.5 Å². The zero-order chi connectivity index (χ0) is 21.8. The van der Waals surface area contributed by atoms with Crippen molar-refractivity contribution in [3.05, 3.63) is 78.2 Å². The quantitative estimate of drug-likeness (QED) is 0.478. The smallest absolute Gasteiger partial charge is 0.255 e. The largest absolute Gasteiger partial charge is 0.496 e. The second-order valence-electron chi connectivity index (χ2n) is 6.78. The second kappa shape index (κ2) is 8.71. The Morgan fingerprint density at radius 3 is 2.42 bits per heavy atom. The Morgan fingerprint density at radius 2 is 1.68 bits per heavy atom. The van der Waals surface area contributed by atoms with Crippen molar-refractivity contribution in [3.8, 4) is 34.1 Å². The molecule has 1 heterocycles. The van der Waals surface area contributed by atoms with Gasteiger partial charge in [0.15, 0.2) is 0 Å². The molecule has 0 radical (unpaired) electrons. The molecule has 4 rings (SSSR count). The molecule has 4 aromatic rings. The number of benzene rings is 3. The molecule has 0 aliphatic heterocycles. The van der Waals surface area contributed by atoms with E-state index in [0.29, 0.717) is 34.3 Å². The third kappa shape index (κ3) is 4.25. The lowest BCUT2D eigenvalue weighted by Crippen LogP contribution is -2.13. The molecule has 1 N–H and O–H groups in total. The van der Waals surface area contributed by atoms with E-state index < -0.39 is 0 Å². The van der Waals surface area contributed by atoms with E-state index in [1.54, 1.807) is 45.4 Å². The van der Waals surface area contributed by atoms with Gasteiger partial charge in [-0.15, -0.1) is 10.2 Å². The maximum Gasteiger partial charge on any atom is 0.255 e. The minimum atomic E-state index is -0.270. The van der Waals surface area contributed by atoms with Crippen LogP contribution in [0, 0.1) is 6.92 Å². The van der Waals surface area contributed by atoms with Gasteiger partial charge in [0.1, 0.15) is 11.5 Å². The molecule has 0 unspecified atom stereocenters. The van der Waals surface area contributed by atoms with Gasteiger partial charge in [0.2, 0.25) is 11.8 Å². The molecular formula is C24H21N3O4. The van der Waals surface area contributed by atoms with Gasteiger partial charge in [-0.3, -0.25) is 4.79 Å². The number of amides is 1. The molecule has 0 atom stereocenters. The second-order valence-corrected chi connectivity index (χ2v) is 6.78. The van der Waals surface area contributed by atoms with E-state index in [0.717, 1.165) is 16.9 Å². The van der Waals surface area contributed by atoms with Crippen molar-refractivity contribution in [3.63, 3.8) is 0 Å². The summed E-state index contributed by atoms with van der Waals surface area (Å²) in [6.45, 7) is 1.72. The number of carbonyl (C=O) groups is 1. The topological polar surface area (TPSA) is 86.5 Å². The number of methoxy groups -OCH3 is 2. The van der Waals surface area contributed by atoms with Crippen LogP contribution < -0.4 is 14.8 Å². The summed E-state index contributed by atoms with van der Waals surface area (Å²) in [5, 5.41) is 10.8. The molecule has 0 spiro atoms. The number of aromatic nitrogens is 2. The van der Waals surface area contributed by atoms with E-state index in [1.807, 2.05) is 42.5 Å². The first-order valence-corrected chi connectivity index (χ1v) is 9.62. The lowest BCUT2D eigenvalue weighted by Gasteiger charge is -2.12. The minimum absolute atomic E-state index is 0.270. The van der Waals surface area contributed by atoms with Gasteiger partial charge in [-0.05, 0) is 42.0 Å². The van der Waals surface area contributed by atoms with Crippen LogP contribution >= 0.6 is 0 Å². The van der Waals surface area contributed by atoms with Crippen LogP contribution in [-0.4, -0.2) is 30.3 Å². The predicted molar refractivity (Wildman–Crippen MR) is 117 cm³/mol. The van der Waals surface area contributed by atoms with Gasteiger partial charge in [-0.25, -0.2) is 0 Å². The summed E-state index contributed by atoms with van der Waals surface area (Å²) in [5.74, 6) is 1.82. The summed E-state index contributed by atoms with van der Waals surface area (Å²) in [6.07, 6.45) is 0. The van der Waals surface area contributed by atoms with Gasteiger partial charge in [0.25, 0.3) is 5.91 Å². The van der Waals surface area contributed by atoms with Crippen molar-refractivity contribution in [2.75, 3.05) is 19.5 Å². The molecule has 0 aliphatic carbocycles. The first-order valence-electron chi connectivity index (χ1n) is 9.62. The first-order chi connectivity index (χ1) is 15.1. The monoisotopic (exact) mass is 415 g/mol. The molecule has 0 saturated heterocycles. The van der Waals surface area contributed by atoms with Gasteiger partial charge in [-0.2, -0.15) is 0 Å². The number of hydrogen-bond acceptors (Lipinski definition) is 6. The molecule has 1 amide bonds. The van der Waals surface area contributed by atoms with Gasteiger partial charge in [0.05, 0.1) is 19.9 Å². The third-order valence-corrected chi connectivity index (χ3v) is 4.76. The molecule has 0 aliphatic rings. The predicted octanol–water partition coefficient (Wildman–Crippen LogP) is 4.98. The standard InChI is InChI=1S/C24H21N3O4/c1-15-26-27-24(31-15)18-11-12-22(30-3)20(14-18)25-23(28)17-8-6-7-16(13-17)19-9-4-5-10-21(19)29-2/h4-14H,1-3H3,(H,25,28). The van der Waals surface area contributed by atoms with Crippen molar-refractivity contribution < 1.29 is 18.7 Å². The van der Waals surface area contributed by atoms with E-state index in [4.69, 9.17) is 13.9 Å². The molecule has 7 nitrogen and oxygen atoms in total. The van der Waals surface area contributed by atoms with E-state index in [2.05, 4.69) is 15.5 Å². The summed E-state index contributed by atoms with van der Waals surface area (Å²) in [5.41, 5.74) is 3.48. The lowest BCUT2D eigenvalue weighted by atomic mass is 10.0. The van der Waals surface area contributed by atoms with Gasteiger partial charge in [-0.1, -0.05) is 30.3 Å². The summed E-state index contributed by atoms with van der Waals surface area (Å²) in [7, 11) is 3.17. The summed E-state index contributed by atoms with van der Waals surface area (Å²) in [4.78, 5) is 13.0. The van der Waals surface area contributed by atoms with Crippen LogP contribution in [0.4, 0.5) is 5.69 Å². The Bertz CT molecular complexity index is 1230. The maximum absolute atomic E-state index is 13.0. The fraction of sp³-hybridized carbons (Fsp3) is 0.125. The molecule has 7 heteroatoms. The summed E-state index contributed by atoms with van der Waals surface area (Å²) in [6, 6.07) is 20.3. The Balaban J connectivity index is 1.64. The number of hydrogen-bond donors (Lipinski definition) is 1. The van der Waals surface area contributed by atoms with Crippen LogP contribution in [0.15, 0.2) is 71.1 Å². The van der Waals surface area contributed by atoms with Crippen LogP contribution in [-0.2, 0) is 0 Å². The number of ether oxygens (including phenoxy) is 2. The van der Waals surface area contributed by atoms with Gasteiger partial charge >= 0.3 is 0 Å². The van der Waals surface area contributed by atoms with Gasteiger partial charge in [0, 0.05) is 23.6 Å². The van der Waals surface area contributed by atoms with Crippen molar-refractivity contribution in [1.29, 1.82) is 0 Å². The van der Waals surface area contributed by atoms with Crippen LogP contribution in [0.25, 0.3) is 22.6 Å². The lowest BCUT2D eigenvalue weighted by molar-refractivity contribution is 0.102. The van der Waals surface area contributed by atoms with E-state index >= 15 is 0 Å². The fourth-order valence-electron chi connectivity index (χ4n) is 3.26. The molecule has 0 saturated carbocycles. The molecule has 3 aromatic carbocycles. The van der Waals surface area contributed by atoms with E-state index in [9.17, 15) is 4.79 Å². The Labute approximate surface area is 179 Å². The molecule has 156 valence electrons. The van der Waals surface area contributed by atoms with Crippen molar-refractivity contribution in [2.45, 2.75) is 6.92 Å². The Kier molecular flexibility index (Phi) is 5.66. The number of anilines is 1. The highest BCUT2D eigenvalue weighted by Gasteiger charge is 2.15. The maximum atomic E-state index is 13.0. The van der Waals surface area contributed by atoms with E-state index in [-0.39, 0.29) is 5.91 Å². The number of nitrogens with zero attached hydrogens (tertiary/aromatic N) is 2. The Morgan fingerprint density at radius 1 is 0.871 bits per heavy atom. The zero-order valence-corrected chi connectivity index (χ0v) is 17.4. The summed E-state index contributed by atoms with van der Waals surface area (Å²) < 4.78 is 16.3.